The monoisotopic (exact) mass is 267 g/mol. The van der Waals surface area contributed by atoms with Crippen molar-refractivity contribution in [3.8, 4) is 5.75 Å². The van der Waals surface area contributed by atoms with Crippen molar-refractivity contribution in [2.45, 2.75) is 25.1 Å². The van der Waals surface area contributed by atoms with Gasteiger partial charge in [0.05, 0.1) is 5.38 Å². The first-order valence-corrected chi connectivity index (χ1v) is 6.66. The molecule has 0 aromatic heterocycles. The highest BCUT2D eigenvalue weighted by Gasteiger charge is 2.30. The van der Waals surface area contributed by atoms with E-state index in [1.54, 1.807) is 0 Å². The Hall–Kier alpha value is -1.22. The fourth-order valence-corrected chi connectivity index (χ4v) is 2.01. The van der Waals surface area contributed by atoms with E-state index < -0.39 is 0 Å². The van der Waals surface area contributed by atoms with E-state index in [2.05, 4.69) is 5.32 Å². The summed E-state index contributed by atoms with van der Waals surface area (Å²) in [7, 11) is 0. The van der Waals surface area contributed by atoms with Crippen LogP contribution in [0.4, 0.5) is 0 Å². The van der Waals surface area contributed by atoms with Crippen LogP contribution in [0.15, 0.2) is 24.3 Å². The molecule has 0 saturated carbocycles. The van der Waals surface area contributed by atoms with Crippen molar-refractivity contribution >= 4 is 17.5 Å². The Labute approximate surface area is 112 Å². The van der Waals surface area contributed by atoms with Crippen molar-refractivity contribution in [1.29, 1.82) is 0 Å². The number of para-hydroxylation sites is 1. The van der Waals surface area contributed by atoms with Gasteiger partial charge in [-0.05, 0) is 12.0 Å². The zero-order chi connectivity index (χ0) is 13.1. The van der Waals surface area contributed by atoms with E-state index in [0.29, 0.717) is 19.1 Å². The van der Waals surface area contributed by atoms with E-state index >= 15 is 0 Å². The second-order valence-electron chi connectivity index (χ2n) is 4.91. The number of ether oxygens (including phenoxy) is 1. The number of alkyl halides is 1. The minimum atomic E-state index is -0.211. The number of nitrogens with one attached hydrogen (secondary N) is 1. The van der Waals surface area contributed by atoms with Crippen LogP contribution >= 0.6 is 11.6 Å². The normalized spacial score (nSPS) is 19.2. The van der Waals surface area contributed by atoms with Gasteiger partial charge in [-0.15, -0.1) is 11.6 Å². The van der Waals surface area contributed by atoms with E-state index in [4.69, 9.17) is 16.3 Å². The quantitative estimate of drug-likeness (QED) is 0.852. The summed E-state index contributed by atoms with van der Waals surface area (Å²) in [5.41, 5.74) is 0.964. The van der Waals surface area contributed by atoms with Crippen LogP contribution in [-0.2, 0) is 4.79 Å². The lowest BCUT2D eigenvalue weighted by molar-refractivity contribution is -0.122. The van der Waals surface area contributed by atoms with Gasteiger partial charge < -0.3 is 10.1 Å². The zero-order valence-corrected chi connectivity index (χ0v) is 11.4. The van der Waals surface area contributed by atoms with Crippen LogP contribution < -0.4 is 10.1 Å². The minimum absolute atomic E-state index is 0.00810. The summed E-state index contributed by atoms with van der Waals surface area (Å²) >= 11 is 6.12. The highest BCUT2D eigenvalue weighted by Crippen LogP contribution is 2.33. The molecule has 98 valence electrons. The van der Waals surface area contributed by atoms with Gasteiger partial charge in [-0.1, -0.05) is 32.0 Å². The third kappa shape index (κ3) is 2.78. The highest BCUT2D eigenvalue weighted by atomic mass is 35.5. The molecule has 0 bridgehead atoms. The number of carbonyl (C=O) groups is 1. The maximum atomic E-state index is 12.1. The molecule has 18 heavy (non-hydrogen) atoms. The average Bonchev–Trinajstić information content (AvgIpc) is 2.79. The number of benzene rings is 1. The zero-order valence-electron chi connectivity index (χ0n) is 10.7. The van der Waals surface area contributed by atoms with Crippen LogP contribution in [0.1, 0.15) is 25.3 Å². The van der Waals surface area contributed by atoms with Crippen LogP contribution in [0.3, 0.4) is 0 Å². The van der Waals surface area contributed by atoms with Gasteiger partial charge in [0, 0.05) is 12.1 Å². The van der Waals surface area contributed by atoms with Gasteiger partial charge in [-0.3, -0.25) is 4.79 Å². The van der Waals surface area contributed by atoms with Gasteiger partial charge in [0.15, 0.2) is 0 Å². The van der Waals surface area contributed by atoms with Crippen molar-refractivity contribution < 1.29 is 9.53 Å². The molecule has 3 nitrogen and oxygen atoms in total. The molecule has 0 radical (unpaired) electrons. The Kier molecular flexibility index (Phi) is 4.12. The van der Waals surface area contributed by atoms with Crippen molar-refractivity contribution in [3.63, 3.8) is 0 Å². The smallest absolute Gasteiger partial charge is 0.231 e. The summed E-state index contributed by atoms with van der Waals surface area (Å²) in [4.78, 5) is 12.1. The van der Waals surface area contributed by atoms with E-state index in [0.717, 1.165) is 11.3 Å². The molecule has 1 aromatic rings. The van der Waals surface area contributed by atoms with Gasteiger partial charge in [0.1, 0.15) is 18.3 Å². The summed E-state index contributed by atoms with van der Waals surface area (Å²) in [5, 5.41) is 2.86. The molecule has 1 aliphatic rings. The first-order chi connectivity index (χ1) is 8.59. The van der Waals surface area contributed by atoms with Crippen LogP contribution in [0.5, 0.6) is 5.75 Å². The van der Waals surface area contributed by atoms with Crippen molar-refractivity contribution in [3.05, 3.63) is 29.8 Å². The summed E-state index contributed by atoms with van der Waals surface area (Å²) in [6.45, 7) is 4.99. The third-order valence-corrected chi connectivity index (χ3v) is 3.87. The highest BCUT2D eigenvalue weighted by molar-refractivity contribution is 6.21. The maximum absolute atomic E-state index is 12.1. The topological polar surface area (TPSA) is 38.3 Å². The van der Waals surface area contributed by atoms with Gasteiger partial charge in [-0.25, -0.2) is 0 Å². The lowest BCUT2D eigenvalue weighted by Gasteiger charge is -2.16. The average molecular weight is 268 g/mol. The Bertz CT molecular complexity index is 434. The molecular weight excluding hydrogens is 250 g/mol. The Morgan fingerprint density at radius 3 is 2.94 bits per heavy atom. The van der Waals surface area contributed by atoms with Crippen molar-refractivity contribution in [1.82, 2.24) is 5.32 Å². The van der Waals surface area contributed by atoms with Crippen molar-refractivity contribution in [2.24, 2.45) is 5.92 Å². The van der Waals surface area contributed by atoms with Gasteiger partial charge in [0.25, 0.3) is 0 Å². The molecule has 2 rings (SSSR count). The lowest BCUT2D eigenvalue weighted by atomic mass is 10.0. The summed E-state index contributed by atoms with van der Waals surface area (Å²) in [6.07, 6.45) is 0. The molecule has 1 aromatic carbocycles. The SMILES string of the molecule is CC(C)C(Cl)CNC(=O)C1COc2ccccc21. The Morgan fingerprint density at radius 2 is 2.22 bits per heavy atom. The van der Waals surface area contributed by atoms with Crippen LogP contribution in [0.2, 0.25) is 0 Å². The number of hydrogen-bond acceptors (Lipinski definition) is 2. The van der Waals surface area contributed by atoms with Gasteiger partial charge in [-0.2, -0.15) is 0 Å². The number of hydrogen-bond donors (Lipinski definition) is 1. The lowest BCUT2D eigenvalue weighted by Crippen LogP contribution is -2.35. The molecule has 1 N–H and O–H groups in total. The Morgan fingerprint density at radius 1 is 1.50 bits per heavy atom. The number of fused-ring (bicyclic) bond motifs is 1. The first-order valence-electron chi connectivity index (χ1n) is 6.23. The second kappa shape index (κ2) is 5.61. The summed E-state index contributed by atoms with van der Waals surface area (Å²) in [6, 6.07) is 7.66. The van der Waals surface area contributed by atoms with E-state index in [9.17, 15) is 4.79 Å². The fraction of sp³-hybridized carbons (Fsp3) is 0.500. The van der Waals surface area contributed by atoms with Crippen LogP contribution in [-0.4, -0.2) is 24.4 Å². The number of amides is 1. The second-order valence-corrected chi connectivity index (χ2v) is 5.47. The molecule has 4 heteroatoms. The van der Waals surface area contributed by atoms with Crippen LogP contribution in [0, 0.1) is 5.92 Å². The predicted octanol–water partition coefficient (Wildman–Crippen LogP) is 2.54. The number of carbonyl (C=O) groups excluding carboxylic acids is 1. The van der Waals surface area contributed by atoms with Crippen molar-refractivity contribution in [2.75, 3.05) is 13.2 Å². The molecule has 1 aliphatic heterocycles. The van der Waals surface area contributed by atoms with E-state index in [1.165, 1.54) is 0 Å². The van der Waals surface area contributed by atoms with E-state index in [1.807, 2.05) is 38.1 Å². The summed E-state index contributed by atoms with van der Waals surface area (Å²) < 4.78 is 5.49. The van der Waals surface area contributed by atoms with Crippen LogP contribution in [0.25, 0.3) is 0 Å². The molecule has 0 aliphatic carbocycles. The molecule has 0 spiro atoms. The molecule has 1 heterocycles. The number of rotatable bonds is 4. The minimum Gasteiger partial charge on any atom is -0.492 e. The first kappa shape index (κ1) is 13.2. The molecular formula is C14H18ClNO2. The predicted molar refractivity (Wildman–Crippen MR) is 72.2 cm³/mol. The number of halogens is 1. The van der Waals surface area contributed by atoms with Gasteiger partial charge in [0.2, 0.25) is 5.91 Å². The molecule has 1 amide bonds. The Balaban J connectivity index is 1.95. The molecule has 2 unspecified atom stereocenters. The summed E-state index contributed by atoms with van der Waals surface area (Å²) in [5.74, 6) is 0.937. The molecule has 0 saturated heterocycles. The fourth-order valence-electron chi connectivity index (χ4n) is 1.94. The standard InChI is InChI=1S/C14H18ClNO2/c1-9(2)12(15)7-16-14(17)11-8-18-13-6-4-3-5-10(11)13/h3-6,9,11-12H,7-8H2,1-2H3,(H,16,17). The van der Waals surface area contributed by atoms with E-state index in [-0.39, 0.29) is 17.2 Å². The maximum Gasteiger partial charge on any atom is 0.231 e. The molecule has 0 fully saturated rings. The van der Waals surface area contributed by atoms with Gasteiger partial charge >= 0.3 is 0 Å². The molecule has 2 atom stereocenters. The third-order valence-electron chi connectivity index (χ3n) is 3.21. The largest absolute Gasteiger partial charge is 0.492 e.